The molecule has 9 nitrogen and oxygen atoms in total. The molecule has 178 valence electrons. The van der Waals surface area contributed by atoms with E-state index >= 15 is 0 Å². The number of amides is 1. The van der Waals surface area contributed by atoms with Gasteiger partial charge in [0.25, 0.3) is 5.56 Å². The summed E-state index contributed by atoms with van der Waals surface area (Å²) in [4.78, 5) is 35.5. The van der Waals surface area contributed by atoms with E-state index in [1.807, 2.05) is 4.80 Å². The smallest absolute Gasteiger partial charge is 0.273 e. The number of tetrazole rings is 1. The molecule has 0 aliphatic heterocycles. The highest BCUT2D eigenvalue weighted by Crippen LogP contribution is 2.65. The molecular weight excluding hydrogens is 450 g/mol. The van der Waals surface area contributed by atoms with Gasteiger partial charge in [-0.1, -0.05) is 0 Å². The fourth-order valence-corrected chi connectivity index (χ4v) is 9.47. The maximum Gasteiger partial charge on any atom is 0.281 e. The van der Waals surface area contributed by atoms with Crippen molar-refractivity contribution in [1.82, 2.24) is 29.9 Å². The Morgan fingerprint density at radius 2 is 2.00 bits per heavy atom. The Labute approximate surface area is 200 Å². The third-order valence-corrected chi connectivity index (χ3v) is 10.0. The van der Waals surface area contributed by atoms with Crippen LogP contribution in [0.25, 0.3) is 10.2 Å². The first-order valence-corrected chi connectivity index (χ1v) is 13.3. The number of thiophene rings is 1. The van der Waals surface area contributed by atoms with Crippen LogP contribution in [0.4, 0.5) is 0 Å². The summed E-state index contributed by atoms with van der Waals surface area (Å²) in [6, 6.07) is 0. The van der Waals surface area contributed by atoms with Gasteiger partial charge < -0.3 is 0 Å². The Hall–Kier alpha value is -2.62. The van der Waals surface area contributed by atoms with Crippen molar-refractivity contribution in [3.8, 4) is 0 Å². The topological polar surface area (TPSA) is 108 Å². The first kappa shape index (κ1) is 20.7. The Bertz CT molecular complexity index is 1340. The molecule has 4 bridgehead atoms. The molecular formula is C24H29N7O2S. The standard InChI is InChI=1S/C24H29N7O2S/c1-14-27-21-20(17-4-2-3-5-18(17)34-21)22(33)30(14)28-19(32)11-23-7-15-6-16(8-23)10-24(9-15,12-23)31-26-13-25-29-31/h13,15-16H,2-12H2,1H3,(H,28,32)/t15-,16+,23?,24?. The quantitative estimate of drug-likeness (QED) is 0.616. The molecule has 4 fully saturated rings. The molecule has 3 aromatic rings. The summed E-state index contributed by atoms with van der Waals surface area (Å²) >= 11 is 1.64. The summed E-state index contributed by atoms with van der Waals surface area (Å²) in [7, 11) is 0. The lowest BCUT2D eigenvalue weighted by Gasteiger charge is -2.61. The number of carbonyl (C=O) groups is 1. The Kier molecular flexibility index (Phi) is 4.39. The number of nitrogens with one attached hydrogen (secondary N) is 1. The summed E-state index contributed by atoms with van der Waals surface area (Å²) < 4.78 is 1.39. The first-order valence-electron chi connectivity index (χ1n) is 12.5. The Morgan fingerprint density at radius 1 is 1.21 bits per heavy atom. The van der Waals surface area contributed by atoms with E-state index in [2.05, 4.69) is 20.8 Å². The van der Waals surface area contributed by atoms with Crippen LogP contribution < -0.4 is 11.0 Å². The lowest BCUT2D eigenvalue weighted by atomic mass is 9.46. The molecule has 5 aliphatic rings. The van der Waals surface area contributed by atoms with Crippen LogP contribution in [-0.4, -0.2) is 35.8 Å². The predicted molar refractivity (Wildman–Crippen MR) is 127 cm³/mol. The number of hydrogen-bond donors (Lipinski definition) is 1. The maximum atomic E-state index is 13.5. The SMILES string of the molecule is Cc1nc2sc3c(c2c(=O)n1NC(=O)CC12C[C@H]4C[C@@H](C1)CC(n1ncnn1)(C4)C2)CCCC3. The monoisotopic (exact) mass is 479 g/mol. The van der Waals surface area contributed by atoms with Crippen LogP contribution in [0.15, 0.2) is 11.1 Å². The maximum absolute atomic E-state index is 13.5. The van der Waals surface area contributed by atoms with E-state index in [1.54, 1.807) is 18.3 Å². The number of hydrogen-bond acceptors (Lipinski definition) is 7. The molecule has 3 aromatic heterocycles. The molecule has 1 amide bonds. The van der Waals surface area contributed by atoms with Gasteiger partial charge in [0.05, 0.1) is 10.9 Å². The lowest BCUT2D eigenvalue weighted by Crippen LogP contribution is -2.58. The van der Waals surface area contributed by atoms with Gasteiger partial charge in [0, 0.05) is 11.3 Å². The molecule has 10 heteroatoms. The molecule has 2 unspecified atom stereocenters. The highest BCUT2D eigenvalue weighted by molar-refractivity contribution is 7.18. The van der Waals surface area contributed by atoms with Crippen molar-refractivity contribution in [2.45, 2.75) is 83.1 Å². The average molecular weight is 480 g/mol. The zero-order valence-electron chi connectivity index (χ0n) is 19.4. The van der Waals surface area contributed by atoms with Gasteiger partial charge >= 0.3 is 0 Å². The molecule has 0 radical (unpaired) electrons. The number of aryl methyl sites for hydroxylation is 3. The lowest BCUT2D eigenvalue weighted by molar-refractivity contribution is -0.136. The van der Waals surface area contributed by atoms with E-state index in [9.17, 15) is 9.59 Å². The molecule has 1 N–H and O–H groups in total. The van der Waals surface area contributed by atoms with E-state index in [0.29, 0.717) is 29.5 Å². The number of rotatable bonds is 4. The Morgan fingerprint density at radius 3 is 2.76 bits per heavy atom. The molecule has 0 saturated heterocycles. The second-order valence-electron chi connectivity index (χ2n) is 11.3. The molecule has 0 spiro atoms. The van der Waals surface area contributed by atoms with Crippen LogP contribution in [0.1, 0.15) is 74.1 Å². The van der Waals surface area contributed by atoms with E-state index in [1.165, 1.54) is 28.7 Å². The molecule has 4 saturated carbocycles. The fraction of sp³-hybridized carbons (Fsp3) is 0.667. The van der Waals surface area contributed by atoms with Gasteiger partial charge in [-0.25, -0.2) is 9.66 Å². The largest absolute Gasteiger partial charge is 0.281 e. The predicted octanol–water partition coefficient (Wildman–Crippen LogP) is 3.09. The molecule has 0 aromatic carbocycles. The highest BCUT2D eigenvalue weighted by Gasteiger charge is 2.59. The van der Waals surface area contributed by atoms with Crippen LogP contribution in [0.3, 0.4) is 0 Å². The van der Waals surface area contributed by atoms with Crippen molar-refractivity contribution in [3.05, 3.63) is 32.9 Å². The zero-order valence-corrected chi connectivity index (χ0v) is 20.2. The molecule has 34 heavy (non-hydrogen) atoms. The van der Waals surface area contributed by atoms with Gasteiger partial charge in [-0.05, 0) is 99.2 Å². The average Bonchev–Trinajstić information content (AvgIpc) is 3.44. The summed E-state index contributed by atoms with van der Waals surface area (Å²) in [5.41, 5.74) is 3.77. The fourth-order valence-electron chi connectivity index (χ4n) is 8.17. The van der Waals surface area contributed by atoms with Crippen molar-refractivity contribution in [2.75, 3.05) is 5.43 Å². The van der Waals surface area contributed by atoms with Gasteiger partial charge in [-0.2, -0.15) is 4.80 Å². The van der Waals surface area contributed by atoms with Crippen molar-refractivity contribution in [2.24, 2.45) is 17.3 Å². The van der Waals surface area contributed by atoms with Crippen molar-refractivity contribution in [1.29, 1.82) is 0 Å². The van der Waals surface area contributed by atoms with E-state index in [-0.39, 0.29) is 22.4 Å². The summed E-state index contributed by atoms with van der Waals surface area (Å²) in [5, 5.41) is 13.3. The third kappa shape index (κ3) is 3.03. The normalized spacial score (nSPS) is 31.7. The molecule has 3 heterocycles. The van der Waals surface area contributed by atoms with E-state index in [0.717, 1.165) is 61.8 Å². The van der Waals surface area contributed by atoms with Gasteiger partial charge in [0.1, 0.15) is 10.7 Å². The third-order valence-electron chi connectivity index (χ3n) is 8.85. The second kappa shape index (κ2) is 7.19. The minimum Gasteiger partial charge on any atom is -0.273 e. The number of aromatic nitrogens is 6. The van der Waals surface area contributed by atoms with E-state index in [4.69, 9.17) is 4.98 Å². The summed E-state index contributed by atoms with van der Waals surface area (Å²) in [5.74, 6) is 1.64. The molecule has 5 aliphatic carbocycles. The Balaban J connectivity index is 1.18. The minimum atomic E-state index is -0.135. The van der Waals surface area contributed by atoms with E-state index < -0.39 is 0 Å². The van der Waals surface area contributed by atoms with Gasteiger partial charge in [-0.15, -0.1) is 21.5 Å². The highest BCUT2D eigenvalue weighted by atomic mass is 32.1. The molecule has 4 atom stereocenters. The summed E-state index contributed by atoms with van der Waals surface area (Å²) in [6.07, 6.45) is 12.6. The zero-order chi connectivity index (χ0) is 23.1. The minimum absolute atomic E-state index is 0.0710. The number of nitrogens with zero attached hydrogens (tertiary/aromatic N) is 6. The van der Waals surface area contributed by atoms with Crippen molar-refractivity contribution < 1.29 is 4.79 Å². The number of fused-ring (bicyclic) bond motifs is 3. The van der Waals surface area contributed by atoms with Gasteiger partial charge in [0.2, 0.25) is 5.91 Å². The molecule has 8 rings (SSSR count). The summed E-state index contributed by atoms with van der Waals surface area (Å²) in [6.45, 7) is 1.80. The van der Waals surface area contributed by atoms with Gasteiger partial charge in [0.15, 0.2) is 6.33 Å². The van der Waals surface area contributed by atoms with Crippen molar-refractivity contribution in [3.63, 3.8) is 0 Å². The van der Waals surface area contributed by atoms with Crippen LogP contribution in [0.2, 0.25) is 0 Å². The first-order chi connectivity index (χ1) is 16.4. The van der Waals surface area contributed by atoms with Gasteiger partial charge in [-0.3, -0.25) is 15.0 Å². The van der Waals surface area contributed by atoms with Crippen LogP contribution in [-0.2, 0) is 23.2 Å². The van der Waals surface area contributed by atoms with Crippen LogP contribution in [0, 0.1) is 24.2 Å². The number of carbonyl (C=O) groups excluding carboxylic acids is 1. The van der Waals surface area contributed by atoms with Crippen LogP contribution in [0.5, 0.6) is 0 Å². The second-order valence-corrected chi connectivity index (χ2v) is 12.4. The van der Waals surface area contributed by atoms with Crippen LogP contribution >= 0.6 is 11.3 Å². The van der Waals surface area contributed by atoms with Crippen molar-refractivity contribution >= 4 is 27.5 Å².